The molecule has 0 fully saturated rings. The third-order valence-corrected chi connectivity index (χ3v) is 5.30. The molecule has 7 nitrogen and oxygen atoms in total. The zero-order valence-corrected chi connectivity index (χ0v) is 18.9. The van der Waals surface area contributed by atoms with Gasteiger partial charge in [0.25, 0.3) is 5.91 Å². The van der Waals surface area contributed by atoms with Crippen molar-refractivity contribution in [2.45, 2.75) is 46.6 Å². The molecule has 164 valence electrons. The number of aryl methyl sites for hydroxylation is 1. The van der Waals surface area contributed by atoms with Gasteiger partial charge in [-0.3, -0.25) is 9.59 Å². The Hall–Kier alpha value is -2.38. The number of aromatic nitrogens is 1. The van der Waals surface area contributed by atoms with Crippen molar-refractivity contribution in [2.24, 2.45) is 0 Å². The van der Waals surface area contributed by atoms with Crippen LogP contribution in [0.4, 0.5) is 5.82 Å². The number of hydrogen-bond acceptors (Lipinski definition) is 5. The third-order valence-electron chi connectivity index (χ3n) is 5.06. The average Bonchev–Trinajstić information content (AvgIpc) is 3.13. The van der Waals surface area contributed by atoms with Crippen molar-refractivity contribution in [1.82, 2.24) is 15.0 Å². The highest BCUT2D eigenvalue weighted by atomic mass is 35.5. The molecule has 0 saturated heterocycles. The van der Waals surface area contributed by atoms with Gasteiger partial charge in [0.1, 0.15) is 12.3 Å². The Balaban J connectivity index is 2.10. The quantitative estimate of drug-likeness (QED) is 0.572. The first-order valence-corrected chi connectivity index (χ1v) is 10.7. The summed E-state index contributed by atoms with van der Waals surface area (Å²) in [5, 5.41) is 6.95. The summed E-state index contributed by atoms with van der Waals surface area (Å²) in [5.74, 6) is 0.386. The fraction of sp³-hybridized carbons (Fsp3) is 0.500. The molecule has 0 aliphatic rings. The van der Waals surface area contributed by atoms with Crippen LogP contribution in [0.25, 0.3) is 0 Å². The van der Waals surface area contributed by atoms with E-state index in [1.807, 2.05) is 6.92 Å². The van der Waals surface area contributed by atoms with E-state index in [1.165, 1.54) is 0 Å². The Morgan fingerprint density at radius 2 is 1.97 bits per heavy atom. The van der Waals surface area contributed by atoms with Gasteiger partial charge in [0, 0.05) is 22.7 Å². The van der Waals surface area contributed by atoms with Gasteiger partial charge >= 0.3 is 0 Å². The number of anilines is 1. The molecule has 2 rings (SSSR count). The van der Waals surface area contributed by atoms with Crippen molar-refractivity contribution in [2.75, 3.05) is 31.5 Å². The highest BCUT2D eigenvalue weighted by Gasteiger charge is 2.24. The number of carbonyl (C=O) groups is 2. The maximum absolute atomic E-state index is 13.2. The van der Waals surface area contributed by atoms with Crippen LogP contribution in [0.15, 0.2) is 34.9 Å². The lowest BCUT2D eigenvalue weighted by Crippen LogP contribution is -2.44. The first-order chi connectivity index (χ1) is 14.3. The Morgan fingerprint density at radius 1 is 1.23 bits per heavy atom. The molecule has 1 atom stereocenters. The molecule has 0 spiro atoms. The van der Waals surface area contributed by atoms with Crippen molar-refractivity contribution in [1.29, 1.82) is 0 Å². The average molecular weight is 435 g/mol. The summed E-state index contributed by atoms with van der Waals surface area (Å²) in [6.07, 6.45) is 1.73. The van der Waals surface area contributed by atoms with Crippen molar-refractivity contribution >= 4 is 29.2 Å². The van der Waals surface area contributed by atoms with E-state index in [9.17, 15) is 9.59 Å². The predicted octanol–water partition coefficient (Wildman–Crippen LogP) is 4.23. The van der Waals surface area contributed by atoms with Gasteiger partial charge in [-0.2, -0.15) is 0 Å². The van der Waals surface area contributed by atoms with Gasteiger partial charge in [0.15, 0.2) is 5.82 Å². The molecule has 2 amide bonds. The van der Waals surface area contributed by atoms with Gasteiger partial charge < -0.3 is 19.6 Å². The van der Waals surface area contributed by atoms with E-state index < -0.39 is 0 Å². The number of nitrogens with one attached hydrogen (secondary N) is 1. The minimum absolute atomic E-state index is 0.0797. The van der Waals surface area contributed by atoms with Crippen LogP contribution in [0.1, 0.15) is 49.7 Å². The molecule has 1 aromatic heterocycles. The molecule has 0 saturated carbocycles. The monoisotopic (exact) mass is 434 g/mol. The second kappa shape index (κ2) is 11.7. The number of nitrogens with zero attached hydrogens (tertiary/aromatic N) is 3. The van der Waals surface area contributed by atoms with Crippen molar-refractivity contribution < 1.29 is 14.1 Å². The van der Waals surface area contributed by atoms with E-state index in [0.717, 1.165) is 32.5 Å². The Morgan fingerprint density at radius 3 is 2.57 bits per heavy atom. The fourth-order valence-electron chi connectivity index (χ4n) is 3.28. The zero-order valence-electron chi connectivity index (χ0n) is 18.2. The number of hydrogen-bond donors (Lipinski definition) is 1. The van der Waals surface area contributed by atoms with E-state index in [-0.39, 0.29) is 24.4 Å². The molecule has 30 heavy (non-hydrogen) atoms. The summed E-state index contributed by atoms with van der Waals surface area (Å²) >= 11 is 6.06. The van der Waals surface area contributed by atoms with Crippen LogP contribution in [0, 0.1) is 6.92 Å². The third kappa shape index (κ3) is 7.15. The first-order valence-electron chi connectivity index (χ1n) is 10.4. The van der Waals surface area contributed by atoms with Crippen molar-refractivity contribution in [3.8, 4) is 0 Å². The normalized spacial score (nSPS) is 12.1. The summed E-state index contributed by atoms with van der Waals surface area (Å²) in [5.41, 5.74) is 0.461. The van der Waals surface area contributed by atoms with Crippen LogP contribution in [-0.4, -0.2) is 59.0 Å². The molecule has 1 unspecified atom stereocenters. The topological polar surface area (TPSA) is 78.7 Å². The molecular weight excluding hydrogens is 404 g/mol. The van der Waals surface area contributed by atoms with Gasteiger partial charge in [-0.1, -0.05) is 36.7 Å². The molecule has 8 heteroatoms. The highest BCUT2D eigenvalue weighted by Crippen LogP contribution is 2.17. The fourth-order valence-corrected chi connectivity index (χ4v) is 3.47. The summed E-state index contributed by atoms with van der Waals surface area (Å²) in [4.78, 5) is 29.7. The number of carbonyl (C=O) groups excluding carboxylic acids is 2. The van der Waals surface area contributed by atoms with E-state index in [2.05, 4.69) is 29.2 Å². The molecule has 0 radical (unpaired) electrons. The van der Waals surface area contributed by atoms with E-state index in [0.29, 0.717) is 22.2 Å². The lowest BCUT2D eigenvalue weighted by atomic mass is 10.1. The Labute approximate surface area is 183 Å². The molecule has 1 N–H and O–H groups in total. The number of rotatable bonds is 11. The summed E-state index contributed by atoms with van der Waals surface area (Å²) in [7, 11) is 0. The molecular formula is C22H31ClN4O3. The second-order valence-corrected chi connectivity index (χ2v) is 7.77. The Bertz CT molecular complexity index is 835. The number of amides is 2. The lowest BCUT2D eigenvalue weighted by molar-refractivity contribution is -0.117. The summed E-state index contributed by atoms with van der Waals surface area (Å²) in [6, 6.07) is 8.31. The Kier molecular flexibility index (Phi) is 9.33. The van der Waals surface area contributed by atoms with Crippen molar-refractivity contribution in [3.05, 3.63) is 46.7 Å². The van der Waals surface area contributed by atoms with Crippen LogP contribution in [0.2, 0.25) is 5.02 Å². The van der Waals surface area contributed by atoms with Crippen LogP contribution < -0.4 is 5.32 Å². The first kappa shape index (κ1) is 23.9. The van der Waals surface area contributed by atoms with Gasteiger partial charge in [-0.25, -0.2) is 0 Å². The van der Waals surface area contributed by atoms with E-state index in [1.54, 1.807) is 42.2 Å². The van der Waals surface area contributed by atoms with Crippen molar-refractivity contribution in [3.63, 3.8) is 0 Å². The SMILES string of the molecule is CCN(CC)CCCC(C)N(CC(=O)Nc1cc(C)on1)C(=O)c1cccc(Cl)c1. The van der Waals surface area contributed by atoms with Crippen LogP contribution >= 0.6 is 11.6 Å². The van der Waals surface area contributed by atoms with Gasteiger partial charge in [-0.15, -0.1) is 0 Å². The number of benzene rings is 1. The second-order valence-electron chi connectivity index (χ2n) is 7.33. The predicted molar refractivity (Wildman–Crippen MR) is 119 cm³/mol. The maximum Gasteiger partial charge on any atom is 0.254 e. The minimum atomic E-state index is -0.325. The molecule has 0 aliphatic heterocycles. The molecule has 0 aliphatic carbocycles. The van der Waals surface area contributed by atoms with E-state index in [4.69, 9.17) is 16.1 Å². The zero-order chi connectivity index (χ0) is 22.1. The summed E-state index contributed by atoms with van der Waals surface area (Å²) < 4.78 is 4.98. The molecule has 0 bridgehead atoms. The van der Waals surface area contributed by atoms with Crippen LogP contribution in [0.3, 0.4) is 0 Å². The van der Waals surface area contributed by atoms with Gasteiger partial charge in [0.2, 0.25) is 5.91 Å². The van der Waals surface area contributed by atoms with E-state index >= 15 is 0 Å². The molecule has 1 aromatic carbocycles. The highest BCUT2D eigenvalue weighted by molar-refractivity contribution is 6.31. The van der Waals surface area contributed by atoms with Gasteiger partial charge in [-0.05, 0) is 64.5 Å². The van der Waals surface area contributed by atoms with Crippen LogP contribution in [0.5, 0.6) is 0 Å². The molecule has 1 heterocycles. The minimum Gasteiger partial charge on any atom is -0.360 e. The lowest BCUT2D eigenvalue weighted by Gasteiger charge is -2.29. The smallest absolute Gasteiger partial charge is 0.254 e. The standard InChI is InChI=1S/C22H31ClN4O3/c1-5-26(6-2)12-8-9-16(3)27(22(29)18-10-7-11-19(23)14-18)15-21(28)24-20-13-17(4)30-25-20/h7,10-11,13-14,16H,5-6,8-9,12,15H2,1-4H3,(H,24,25,28). The number of halogens is 1. The molecule has 2 aromatic rings. The summed E-state index contributed by atoms with van der Waals surface area (Å²) in [6.45, 7) is 10.9. The van der Waals surface area contributed by atoms with Gasteiger partial charge in [0.05, 0.1) is 0 Å². The maximum atomic E-state index is 13.2. The van der Waals surface area contributed by atoms with Crippen LogP contribution in [-0.2, 0) is 4.79 Å². The largest absolute Gasteiger partial charge is 0.360 e.